The Bertz CT molecular complexity index is 347. The predicted molar refractivity (Wildman–Crippen MR) is 47.9 cm³/mol. The minimum atomic E-state index is -5.08. The van der Waals surface area contributed by atoms with Crippen LogP contribution in [0.4, 0.5) is 22.0 Å². The molecular formula is C9H10F5NO3. The van der Waals surface area contributed by atoms with E-state index in [1.54, 1.807) is 0 Å². The van der Waals surface area contributed by atoms with Gasteiger partial charge in [0.05, 0.1) is 0 Å². The van der Waals surface area contributed by atoms with Gasteiger partial charge in [0.2, 0.25) is 0 Å². The number of alkyl halides is 5. The number of carboxylic acid groups (broad SMARTS) is 1. The van der Waals surface area contributed by atoms with E-state index in [2.05, 4.69) is 0 Å². The SMILES string of the molecule is O=C(N1CCC(C(=O)O)(C(F)F)CC1)C(F)(F)F. The zero-order valence-electron chi connectivity index (χ0n) is 9.01. The van der Waals surface area contributed by atoms with Gasteiger partial charge in [0.25, 0.3) is 6.43 Å². The predicted octanol–water partition coefficient (Wildman–Crippen LogP) is 1.51. The van der Waals surface area contributed by atoms with Crippen molar-refractivity contribution in [2.75, 3.05) is 13.1 Å². The lowest BCUT2D eigenvalue weighted by molar-refractivity contribution is -0.191. The Hall–Kier alpha value is -1.41. The van der Waals surface area contributed by atoms with Crippen molar-refractivity contribution in [2.45, 2.75) is 25.4 Å². The summed E-state index contributed by atoms with van der Waals surface area (Å²) in [7, 11) is 0. The molecule has 104 valence electrons. The Labute approximate surface area is 98.4 Å². The van der Waals surface area contributed by atoms with Gasteiger partial charge in [0.15, 0.2) is 0 Å². The maximum atomic E-state index is 12.7. The summed E-state index contributed by atoms with van der Waals surface area (Å²) in [6.07, 6.45) is -9.64. The number of likely N-dealkylation sites (tertiary alicyclic amines) is 1. The Morgan fingerprint density at radius 3 is 1.89 bits per heavy atom. The molecule has 4 nitrogen and oxygen atoms in total. The molecule has 0 unspecified atom stereocenters. The van der Waals surface area contributed by atoms with E-state index in [1.807, 2.05) is 0 Å². The van der Waals surface area contributed by atoms with Crippen LogP contribution in [-0.2, 0) is 9.59 Å². The molecule has 0 aromatic carbocycles. The molecular weight excluding hydrogens is 265 g/mol. The van der Waals surface area contributed by atoms with Crippen LogP contribution in [0, 0.1) is 5.41 Å². The Morgan fingerprint density at radius 2 is 1.61 bits per heavy atom. The van der Waals surface area contributed by atoms with Gasteiger partial charge < -0.3 is 10.0 Å². The first-order valence-electron chi connectivity index (χ1n) is 4.99. The van der Waals surface area contributed by atoms with Gasteiger partial charge in [0, 0.05) is 13.1 Å². The largest absolute Gasteiger partial charge is 0.481 e. The van der Waals surface area contributed by atoms with Crippen molar-refractivity contribution >= 4 is 11.9 Å². The Balaban J connectivity index is 2.76. The second kappa shape index (κ2) is 4.69. The fourth-order valence-corrected chi connectivity index (χ4v) is 1.81. The third-order valence-electron chi connectivity index (χ3n) is 3.03. The lowest BCUT2D eigenvalue weighted by Crippen LogP contribution is -2.52. The number of halogens is 5. The molecule has 18 heavy (non-hydrogen) atoms. The van der Waals surface area contributed by atoms with Gasteiger partial charge in [-0.3, -0.25) is 9.59 Å². The van der Waals surface area contributed by atoms with Crippen molar-refractivity contribution in [3.63, 3.8) is 0 Å². The lowest BCUT2D eigenvalue weighted by Gasteiger charge is -2.38. The average molecular weight is 275 g/mol. The molecule has 1 amide bonds. The van der Waals surface area contributed by atoms with E-state index in [-0.39, 0.29) is 0 Å². The van der Waals surface area contributed by atoms with Crippen LogP contribution in [0.5, 0.6) is 0 Å². The molecule has 1 aliphatic rings. The van der Waals surface area contributed by atoms with Crippen LogP contribution < -0.4 is 0 Å². The minimum Gasteiger partial charge on any atom is -0.481 e. The van der Waals surface area contributed by atoms with Crippen LogP contribution in [0.2, 0.25) is 0 Å². The zero-order chi connectivity index (χ0) is 14.1. The number of rotatable bonds is 2. The van der Waals surface area contributed by atoms with Crippen molar-refractivity contribution in [1.82, 2.24) is 4.90 Å². The van der Waals surface area contributed by atoms with E-state index in [0.717, 1.165) is 0 Å². The lowest BCUT2D eigenvalue weighted by atomic mass is 9.78. The molecule has 1 saturated heterocycles. The minimum absolute atomic E-state index is 0.351. The zero-order valence-corrected chi connectivity index (χ0v) is 9.01. The van der Waals surface area contributed by atoms with Crippen LogP contribution in [0.3, 0.4) is 0 Å². The molecule has 1 fully saturated rings. The van der Waals surface area contributed by atoms with Crippen LogP contribution >= 0.6 is 0 Å². The number of nitrogens with zero attached hydrogens (tertiary/aromatic N) is 1. The summed E-state index contributed by atoms with van der Waals surface area (Å²) in [6, 6.07) is 0. The highest BCUT2D eigenvalue weighted by Crippen LogP contribution is 2.38. The summed E-state index contributed by atoms with van der Waals surface area (Å²) < 4.78 is 61.6. The quantitative estimate of drug-likeness (QED) is 0.777. The van der Waals surface area contributed by atoms with E-state index >= 15 is 0 Å². The second-order valence-corrected chi connectivity index (χ2v) is 4.05. The standard InChI is InChI=1S/C9H10F5NO3/c10-5(11)8(7(17)18)1-3-15(4-2-8)6(16)9(12,13)14/h5H,1-4H2,(H,17,18). The molecule has 9 heteroatoms. The smallest absolute Gasteiger partial charge is 0.471 e. The van der Waals surface area contributed by atoms with Gasteiger partial charge in [0.1, 0.15) is 5.41 Å². The highest BCUT2D eigenvalue weighted by Gasteiger charge is 2.52. The number of carboxylic acids is 1. The van der Waals surface area contributed by atoms with E-state index in [0.29, 0.717) is 4.90 Å². The van der Waals surface area contributed by atoms with Crippen LogP contribution in [0.25, 0.3) is 0 Å². The van der Waals surface area contributed by atoms with Crippen molar-refractivity contribution < 1.29 is 36.6 Å². The number of carbonyl (C=O) groups is 2. The molecule has 1 N–H and O–H groups in total. The molecule has 0 atom stereocenters. The van der Waals surface area contributed by atoms with Crippen LogP contribution in [-0.4, -0.2) is 47.6 Å². The highest BCUT2D eigenvalue weighted by atomic mass is 19.4. The van der Waals surface area contributed by atoms with E-state index in [1.165, 1.54) is 0 Å². The van der Waals surface area contributed by atoms with Crippen LogP contribution in [0.15, 0.2) is 0 Å². The number of hydrogen-bond donors (Lipinski definition) is 1. The van der Waals surface area contributed by atoms with E-state index < -0.39 is 55.8 Å². The average Bonchev–Trinajstić information content (AvgIpc) is 2.26. The van der Waals surface area contributed by atoms with Crippen LogP contribution in [0.1, 0.15) is 12.8 Å². The first kappa shape index (κ1) is 14.7. The molecule has 0 aromatic rings. The fraction of sp³-hybridized carbons (Fsp3) is 0.778. The maximum Gasteiger partial charge on any atom is 0.471 e. The molecule has 1 rings (SSSR count). The molecule has 0 bridgehead atoms. The third-order valence-corrected chi connectivity index (χ3v) is 3.03. The molecule has 0 aromatic heterocycles. The first-order valence-corrected chi connectivity index (χ1v) is 4.99. The fourth-order valence-electron chi connectivity index (χ4n) is 1.81. The number of aliphatic carboxylic acids is 1. The van der Waals surface area contributed by atoms with Crippen molar-refractivity contribution in [3.05, 3.63) is 0 Å². The first-order chi connectivity index (χ1) is 8.11. The summed E-state index contributed by atoms with van der Waals surface area (Å²) in [6.45, 7) is -1.29. The van der Waals surface area contributed by atoms with Gasteiger partial charge >= 0.3 is 18.1 Å². The molecule has 1 heterocycles. The summed E-state index contributed by atoms with van der Waals surface area (Å²) in [4.78, 5) is 22.0. The maximum absolute atomic E-state index is 12.7. The number of piperidine rings is 1. The molecule has 0 spiro atoms. The molecule has 0 radical (unpaired) electrons. The Kier molecular flexibility index (Phi) is 3.82. The van der Waals surface area contributed by atoms with Crippen molar-refractivity contribution in [1.29, 1.82) is 0 Å². The number of amides is 1. The van der Waals surface area contributed by atoms with E-state index in [9.17, 15) is 31.5 Å². The molecule has 0 aliphatic carbocycles. The molecule has 1 aliphatic heterocycles. The number of carbonyl (C=O) groups excluding carboxylic acids is 1. The summed E-state index contributed by atoms with van der Waals surface area (Å²) in [5.74, 6) is -3.88. The van der Waals surface area contributed by atoms with Crippen molar-refractivity contribution in [2.24, 2.45) is 5.41 Å². The summed E-state index contributed by atoms with van der Waals surface area (Å²) in [5, 5.41) is 8.74. The monoisotopic (exact) mass is 275 g/mol. The normalized spacial score (nSPS) is 20.0. The van der Waals surface area contributed by atoms with Gasteiger partial charge in [-0.15, -0.1) is 0 Å². The second-order valence-electron chi connectivity index (χ2n) is 4.05. The number of hydrogen-bond acceptors (Lipinski definition) is 2. The van der Waals surface area contributed by atoms with E-state index in [4.69, 9.17) is 5.11 Å². The summed E-state index contributed by atoms with van der Waals surface area (Å²) >= 11 is 0. The Morgan fingerprint density at radius 1 is 1.17 bits per heavy atom. The summed E-state index contributed by atoms with van der Waals surface area (Å²) in [5.41, 5.74) is -2.36. The highest BCUT2D eigenvalue weighted by molar-refractivity contribution is 5.82. The van der Waals surface area contributed by atoms with Gasteiger partial charge in [-0.05, 0) is 12.8 Å². The third kappa shape index (κ3) is 2.54. The van der Waals surface area contributed by atoms with Gasteiger partial charge in [-0.1, -0.05) is 0 Å². The van der Waals surface area contributed by atoms with Gasteiger partial charge in [-0.2, -0.15) is 13.2 Å². The molecule has 0 saturated carbocycles. The topological polar surface area (TPSA) is 57.6 Å². The van der Waals surface area contributed by atoms with Crippen molar-refractivity contribution in [3.8, 4) is 0 Å². The van der Waals surface area contributed by atoms with Gasteiger partial charge in [-0.25, -0.2) is 8.78 Å².